The molecule has 0 aliphatic carbocycles. The Kier molecular flexibility index (Phi) is 4.81. The van der Waals surface area contributed by atoms with Crippen LogP contribution in [0.1, 0.15) is 21.5 Å². The fourth-order valence-electron chi connectivity index (χ4n) is 1.98. The van der Waals surface area contributed by atoms with Gasteiger partial charge in [0.25, 0.3) is 5.91 Å². The van der Waals surface area contributed by atoms with Gasteiger partial charge in [-0.25, -0.2) is 4.39 Å². The van der Waals surface area contributed by atoms with Crippen molar-refractivity contribution in [3.05, 3.63) is 63.9 Å². The van der Waals surface area contributed by atoms with Gasteiger partial charge in [-0.2, -0.15) is 0 Å². The molecule has 5 heteroatoms. The summed E-state index contributed by atoms with van der Waals surface area (Å²) < 4.78 is 13.7. The van der Waals surface area contributed by atoms with Crippen LogP contribution in [0.3, 0.4) is 0 Å². The Bertz CT molecular complexity index is 653. The molecular weight excluding hydrogens is 291 g/mol. The number of aryl methyl sites for hydroxylation is 1. The molecule has 0 fully saturated rings. The molecule has 0 atom stereocenters. The number of rotatable bonds is 4. The topological polar surface area (TPSA) is 41.1 Å². The minimum absolute atomic E-state index is 0.165. The number of anilines is 1. The summed E-state index contributed by atoms with van der Waals surface area (Å²) in [5, 5.41) is 6.08. The van der Waals surface area contributed by atoms with E-state index in [0.29, 0.717) is 16.1 Å². The van der Waals surface area contributed by atoms with Gasteiger partial charge in [-0.05, 0) is 36.8 Å². The van der Waals surface area contributed by atoms with Crippen LogP contribution in [0.2, 0.25) is 5.02 Å². The number of hydrogen-bond acceptors (Lipinski definition) is 2. The number of hydrogen-bond donors (Lipinski definition) is 2. The van der Waals surface area contributed by atoms with E-state index in [9.17, 15) is 9.18 Å². The third-order valence-corrected chi connectivity index (χ3v) is 3.60. The zero-order valence-corrected chi connectivity index (χ0v) is 12.6. The highest BCUT2D eigenvalue weighted by Gasteiger charge is 2.09. The molecule has 0 saturated heterocycles. The van der Waals surface area contributed by atoms with Crippen molar-refractivity contribution in [3.8, 4) is 0 Å². The standard InChI is InChI=1S/C16H16ClFN2O/c1-10-6-7-11(16(21)19-2)8-15(10)20-9-12-13(17)4-3-5-14(12)18/h3-8,20H,9H2,1-2H3,(H,19,21). The smallest absolute Gasteiger partial charge is 0.251 e. The number of halogens is 2. The minimum atomic E-state index is -0.352. The van der Waals surface area contributed by atoms with Crippen molar-refractivity contribution in [2.24, 2.45) is 0 Å². The largest absolute Gasteiger partial charge is 0.381 e. The van der Waals surface area contributed by atoms with Gasteiger partial charge in [0.1, 0.15) is 5.82 Å². The number of amides is 1. The summed E-state index contributed by atoms with van der Waals surface area (Å²) in [4.78, 5) is 11.6. The van der Waals surface area contributed by atoms with Gasteiger partial charge in [-0.3, -0.25) is 4.79 Å². The van der Waals surface area contributed by atoms with Gasteiger partial charge in [-0.15, -0.1) is 0 Å². The van der Waals surface area contributed by atoms with Crippen LogP contribution in [0, 0.1) is 12.7 Å². The summed E-state index contributed by atoms with van der Waals surface area (Å²) in [5.74, 6) is -0.517. The van der Waals surface area contributed by atoms with Crippen LogP contribution in [0.15, 0.2) is 36.4 Å². The quantitative estimate of drug-likeness (QED) is 0.903. The van der Waals surface area contributed by atoms with Crippen molar-refractivity contribution in [1.29, 1.82) is 0 Å². The first-order valence-electron chi connectivity index (χ1n) is 6.52. The van der Waals surface area contributed by atoms with Crippen molar-refractivity contribution in [2.75, 3.05) is 12.4 Å². The Balaban J connectivity index is 2.22. The Morgan fingerprint density at radius 2 is 2.05 bits per heavy atom. The molecule has 1 amide bonds. The lowest BCUT2D eigenvalue weighted by Gasteiger charge is -2.12. The van der Waals surface area contributed by atoms with E-state index >= 15 is 0 Å². The van der Waals surface area contributed by atoms with Crippen molar-refractivity contribution >= 4 is 23.2 Å². The van der Waals surface area contributed by atoms with E-state index in [-0.39, 0.29) is 18.3 Å². The maximum absolute atomic E-state index is 13.7. The summed E-state index contributed by atoms with van der Waals surface area (Å²) in [5.41, 5.74) is 2.69. The van der Waals surface area contributed by atoms with Gasteiger partial charge in [0.15, 0.2) is 0 Å². The molecule has 0 saturated carbocycles. The Labute approximate surface area is 128 Å². The van der Waals surface area contributed by atoms with Crippen LogP contribution in [-0.4, -0.2) is 13.0 Å². The molecule has 0 spiro atoms. The lowest BCUT2D eigenvalue weighted by atomic mass is 10.1. The highest BCUT2D eigenvalue weighted by molar-refractivity contribution is 6.31. The summed E-state index contributed by atoms with van der Waals surface area (Å²) >= 11 is 6.00. The minimum Gasteiger partial charge on any atom is -0.381 e. The Morgan fingerprint density at radius 3 is 2.71 bits per heavy atom. The van der Waals surface area contributed by atoms with Crippen LogP contribution >= 0.6 is 11.6 Å². The third kappa shape index (κ3) is 3.52. The summed E-state index contributed by atoms with van der Waals surface area (Å²) in [6, 6.07) is 9.92. The Hall–Kier alpha value is -2.07. The fourth-order valence-corrected chi connectivity index (χ4v) is 2.21. The second-order valence-electron chi connectivity index (χ2n) is 4.66. The number of nitrogens with one attached hydrogen (secondary N) is 2. The molecule has 2 aromatic carbocycles. The first-order valence-corrected chi connectivity index (χ1v) is 6.90. The molecule has 2 N–H and O–H groups in total. The highest BCUT2D eigenvalue weighted by Crippen LogP contribution is 2.22. The zero-order valence-electron chi connectivity index (χ0n) is 11.8. The monoisotopic (exact) mass is 306 g/mol. The van der Waals surface area contributed by atoms with Gasteiger partial charge in [0.2, 0.25) is 0 Å². The van der Waals surface area contributed by atoms with Crippen LogP contribution in [0.25, 0.3) is 0 Å². The maximum atomic E-state index is 13.7. The van der Waals surface area contributed by atoms with Crippen LogP contribution in [0.5, 0.6) is 0 Å². The molecule has 2 rings (SSSR count). The van der Waals surface area contributed by atoms with Crippen molar-refractivity contribution < 1.29 is 9.18 Å². The number of carbonyl (C=O) groups is 1. The van der Waals surface area contributed by atoms with Gasteiger partial charge in [0.05, 0.1) is 0 Å². The van der Waals surface area contributed by atoms with Crippen molar-refractivity contribution in [2.45, 2.75) is 13.5 Å². The predicted molar refractivity (Wildman–Crippen MR) is 83.3 cm³/mol. The van der Waals surface area contributed by atoms with Gasteiger partial charge in [-0.1, -0.05) is 23.7 Å². The normalized spacial score (nSPS) is 10.3. The second kappa shape index (κ2) is 6.59. The first kappa shape index (κ1) is 15.3. The van der Waals surface area contributed by atoms with Crippen LogP contribution in [0.4, 0.5) is 10.1 Å². The fraction of sp³-hybridized carbons (Fsp3) is 0.188. The van der Waals surface area contributed by atoms with E-state index in [4.69, 9.17) is 11.6 Å². The molecule has 0 aliphatic heterocycles. The molecule has 110 valence electrons. The molecule has 0 unspecified atom stereocenters. The number of carbonyl (C=O) groups excluding carboxylic acids is 1. The molecule has 0 aromatic heterocycles. The summed E-state index contributed by atoms with van der Waals surface area (Å²) in [7, 11) is 1.58. The van der Waals surface area contributed by atoms with Gasteiger partial charge in [0, 0.05) is 35.4 Å². The molecule has 0 bridgehead atoms. The van der Waals surface area contributed by atoms with E-state index in [0.717, 1.165) is 11.3 Å². The molecule has 0 heterocycles. The van der Waals surface area contributed by atoms with Crippen LogP contribution in [-0.2, 0) is 6.54 Å². The Morgan fingerprint density at radius 1 is 1.29 bits per heavy atom. The molecule has 3 nitrogen and oxygen atoms in total. The molecule has 2 aromatic rings. The van der Waals surface area contributed by atoms with E-state index in [1.807, 2.05) is 13.0 Å². The maximum Gasteiger partial charge on any atom is 0.251 e. The zero-order chi connectivity index (χ0) is 15.4. The molecular formula is C16H16ClFN2O. The number of benzene rings is 2. The average Bonchev–Trinajstić information content (AvgIpc) is 2.47. The molecule has 0 radical (unpaired) electrons. The highest BCUT2D eigenvalue weighted by atomic mass is 35.5. The van der Waals surface area contributed by atoms with E-state index in [2.05, 4.69) is 10.6 Å². The lowest BCUT2D eigenvalue weighted by molar-refractivity contribution is 0.0963. The second-order valence-corrected chi connectivity index (χ2v) is 5.07. The SMILES string of the molecule is CNC(=O)c1ccc(C)c(NCc2c(F)cccc2Cl)c1. The molecule has 21 heavy (non-hydrogen) atoms. The van der Waals surface area contributed by atoms with Gasteiger partial charge < -0.3 is 10.6 Å². The van der Waals surface area contributed by atoms with E-state index in [1.165, 1.54) is 6.07 Å². The van der Waals surface area contributed by atoms with E-state index < -0.39 is 0 Å². The van der Waals surface area contributed by atoms with Crippen LogP contribution < -0.4 is 10.6 Å². The predicted octanol–water partition coefficient (Wildman–Crippen LogP) is 3.76. The summed E-state index contributed by atoms with van der Waals surface area (Å²) in [6.45, 7) is 2.17. The average molecular weight is 307 g/mol. The molecule has 0 aliphatic rings. The van der Waals surface area contributed by atoms with E-state index in [1.54, 1.807) is 31.3 Å². The van der Waals surface area contributed by atoms with Crippen molar-refractivity contribution in [1.82, 2.24) is 5.32 Å². The van der Waals surface area contributed by atoms with Crippen molar-refractivity contribution in [3.63, 3.8) is 0 Å². The summed E-state index contributed by atoms with van der Waals surface area (Å²) in [6.07, 6.45) is 0. The lowest BCUT2D eigenvalue weighted by Crippen LogP contribution is -2.18. The van der Waals surface area contributed by atoms with Gasteiger partial charge >= 0.3 is 0 Å². The third-order valence-electron chi connectivity index (χ3n) is 3.24. The first-order chi connectivity index (χ1) is 10.0.